The maximum Gasteiger partial charge on any atom is 0.314 e. The first-order chi connectivity index (χ1) is 5.72. The molecule has 0 aromatic rings. The molecule has 2 aliphatic rings. The number of hydrogen-bond donors (Lipinski definition) is 1. The highest BCUT2D eigenvalue weighted by molar-refractivity contribution is 5.72. The van der Waals surface area contributed by atoms with Gasteiger partial charge in [-0.3, -0.25) is 0 Å². The van der Waals surface area contributed by atoms with E-state index < -0.39 is 0 Å². The van der Waals surface area contributed by atoms with Gasteiger partial charge in [0.05, 0.1) is 0 Å². The Kier molecular flexibility index (Phi) is 1.60. The summed E-state index contributed by atoms with van der Waals surface area (Å²) >= 11 is 0. The molecule has 1 aliphatic carbocycles. The van der Waals surface area contributed by atoms with Gasteiger partial charge in [-0.2, -0.15) is 0 Å². The molecule has 0 atom stereocenters. The minimum absolute atomic E-state index is 0.265. The molecule has 2 N–H and O–H groups in total. The number of nitrogens with zero attached hydrogens (tertiary/aromatic N) is 1. The molecule has 1 spiro atoms. The number of carbonyl (C=O) groups is 1. The van der Waals surface area contributed by atoms with Crippen molar-refractivity contribution in [3.05, 3.63) is 12.2 Å². The van der Waals surface area contributed by atoms with Gasteiger partial charge in [0.15, 0.2) is 0 Å². The predicted octanol–water partition coefficient (Wildman–Crippen LogP) is 1.11. The first-order valence-corrected chi connectivity index (χ1v) is 4.41. The van der Waals surface area contributed by atoms with Crippen molar-refractivity contribution in [1.82, 2.24) is 4.90 Å². The van der Waals surface area contributed by atoms with E-state index in [1.165, 1.54) is 0 Å². The van der Waals surface area contributed by atoms with E-state index in [0.29, 0.717) is 5.41 Å². The summed E-state index contributed by atoms with van der Waals surface area (Å²) in [6, 6.07) is -0.265. The van der Waals surface area contributed by atoms with E-state index in [9.17, 15) is 4.79 Å². The normalized spacial score (nSPS) is 25.5. The van der Waals surface area contributed by atoms with Crippen LogP contribution in [0.1, 0.15) is 19.3 Å². The van der Waals surface area contributed by atoms with Crippen molar-refractivity contribution in [2.24, 2.45) is 11.1 Å². The lowest BCUT2D eigenvalue weighted by Gasteiger charge is -2.22. The van der Waals surface area contributed by atoms with Gasteiger partial charge in [-0.1, -0.05) is 12.2 Å². The van der Waals surface area contributed by atoms with Crippen LogP contribution in [0.25, 0.3) is 0 Å². The third-order valence-electron chi connectivity index (χ3n) is 3.02. The molecule has 3 nitrogen and oxygen atoms in total. The highest BCUT2D eigenvalue weighted by atomic mass is 16.2. The van der Waals surface area contributed by atoms with E-state index in [1.807, 2.05) is 0 Å². The molecular formula is C9H14N2O. The zero-order chi connectivity index (χ0) is 8.60. The molecule has 0 saturated carbocycles. The van der Waals surface area contributed by atoms with Crippen LogP contribution in [0.3, 0.4) is 0 Å². The van der Waals surface area contributed by atoms with Crippen LogP contribution >= 0.6 is 0 Å². The van der Waals surface area contributed by atoms with Gasteiger partial charge in [-0.25, -0.2) is 4.79 Å². The van der Waals surface area contributed by atoms with Crippen molar-refractivity contribution in [1.29, 1.82) is 0 Å². The van der Waals surface area contributed by atoms with Crippen LogP contribution in [-0.2, 0) is 0 Å². The Labute approximate surface area is 72.2 Å². The van der Waals surface area contributed by atoms with Crippen LogP contribution in [0.4, 0.5) is 4.79 Å². The third kappa shape index (κ3) is 1.09. The van der Waals surface area contributed by atoms with Crippen LogP contribution in [0.15, 0.2) is 12.2 Å². The average molecular weight is 166 g/mol. The largest absolute Gasteiger partial charge is 0.351 e. The van der Waals surface area contributed by atoms with Gasteiger partial charge in [0.2, 0.25) is 0 Å². The van der Waals surface area contributed by atoms with E-state index >= 15 is 0 Å². The van der Waals surface area contributed by atoms with Crippen molar-refractivity contribution < 1.29 is 4.79 Å². The Morgan fingerprint density at radius 3 is 2.58 bits per heavy atom. The number of hydrogen-bond acceptors (Lipinski definition) is 1. The summed E-state index contributed by atoms with van der Waals surface area (Å²) in [4.78, 5) is 12.6. The molecule has 1 saturated heterocycles. The smallest absolute Gasteiger partial charge is 0.314 e. The Bertz CT molecular complexity index is 227. The number of likely N-dealkylation sites (tertiary alicyclic amines) is 1. The van der Waals surface area contributed by atoms with E-state index in [1.54, 1.807) is 4.90 Å². The number of allylic oxidation sites excluding steroid dienone is 2. The molecule has 66 valence electrons. The van der Waals surface area contributed by atoms with Crippen molar-refractivity contribution in [2.45, 2.75) is 19.3 Å². The van der Waals surface area contributed by atoms with Gasteiger partial charge in [-0.15, -0.1) is 0 Å². The minimum Gasteiger partial charge on any atom is -0.351 e. The lowest BCUT2D eigenvalue weighted by atomic mass is 9.85. The van der Waals surface area contributed by atoms with Crippen LogP contribution in [0.5, 0.6) is 0 Å². The molecule has 0 unspecified atom stereocenters. The number of urea groups is 1. The summed E-state index contributed by atoms with van der Waals surface area (Å²) in [7, 11) is 0. The summed E-state index contributed by atoms with van der Waals surface area (Å²) in [5, 5.41) is 0. The second-order valence-electron chi connectivity index (χ2n) is 3.89. The monoisotopic (exact) mass is 166 g/mol. The maximum atomic E-state index is 10.9. The van der Waals surface area contributed by atoms with Crippen molar-refractivity contribution in [2.75, 3.05) is 13.1 Å². The molecule has 3 heteroatoms. The van der Waals surface area contributed by atoms with E-state index in [-0.39, 0.29) is 6.03 Å². The SMILES string of the molecule is NC(=O)N1CCC2(CC=CC2)C1. The number of carbonyl (C=O) groups excluding carboxylic acids is 1. The fourth-order valence-electron chi connectivity index (χ4n) is 2.21. The van der Waals surface area contributed by atoms with Gasteiger partial charge in [0.25, 0.3) is 0 Å². The molecule has 12 heavy (non-hydrogen) atoms. The number of rotatable bonds is 0. The van der Waals surface area contributed by atoms with Crippen LogP contribution in [-0.4, -0.2) is 24.0 Å². The van der Waals surface area contributed by atoms with Gasteiger partial charge >= 0.3 is 6.03 Å². The molecule has 1 aliphatic heterocycles. The third-order valence-corrected chi connectivity index (χ3v) is 3.02. The summed E-state index contributed by atoms with van der Waals surface area (Å²) in [5.74, 6) is 0. The number of primary amides is 1. The molecule has 1 heterocycles. The van der Waals surface area contributed by atoms with Crippen molar-refractivity contribution in [3.63, 3.8) is 0 Å². The molecule has 0 aromatic carbocycles. The van der Waals surface area contributed by atoms with Crippen molar-refractivity contribution >= 4 is 6.03 Å². The van der Waals surface area contributed by atoms with Crippen molar-refractivity contribution in [3.8, 4) is 0 Å². The highest BCUT2D eigenvalue weighted by Gasteiger charge is 2.39. The lowest BCUT2D eigenvalue weighted by Crippen LogP contribution is -2.35. The second-order valence-corrected chi connectivity index (χ2v) is 3.89. The fourth-order valence-corrected chi connectivity index (χ4v) is 2.21. The molecule has 2 amide bonds. The van der Waals surface area contributed by atoms with Crippen LogP contribution < -0.4 is 5.73 Å². The minimum atomic E-state index is -0.265. The first kappa shape index (κ1) is 7.65. The van der Waals surface area contributed by atoms with E-state index in [4.69, 9.17) is 5.73 Å². The zero-order valence-corrected chi connectivity index (χ0v) is 7.12. The molecule has 0 bridgehead atoms. The summed E-state index contributed by atoms with van der Waals surface area (Å²) < 4.78 is 0. The summed E-state index contributed by atoms with van der Waals surface area (Å²) in [6.07, 6.45) is 7.78. The van der Waals surface area contributed by atoms with Gasteiger partial charge in [-0.05, 0) is 24.7 Å². The topological polar surface area (TPSA) is 46.3 Å². The Morgan fingerprint density at radius 1 is 1.42 bits per heavy atom. The Morgan fingerprint density at radius 2 is 2.08 bits per heavy atom. The first-order valence-electron chi connectivity index (χ1n) is 4.41. The second kappa shape index (κ2) is 2.51. The van der Waals surface area contributed by atoms with E-state index in [2.05, 4.69) is 12.2 Å². The molecule has 0 aromatic heterocycles. The van der Waals surface area contributed by atoms with Gasteiger partial charge < -0.3 is 10.6 Å². The molecule has 0 radical (unpaired) electrons. The Balaban J connectivity index is 2.02. The Hall–Kier alpha value is -0.990. The molecule has 2 rings (SSSR count). The zero-order valence-electron chi connectivity index (χ0n) is 7.12. The van der Waals surface area contributed by atoms with Crippen LogP contribution in [0.2, 0.25) is 0 Å². The molecule has 1 fully saturated rings. The summed E-state index contributed by atoms with van der Waals surface area (Å²) in [5.41, 5.74) is 5.57. The van der Waals surface area contributed by atoms with Crippen LogP contribution in [0, 0.1) is 5.41 Å². The van der Waals surface area contributed by atoms with Gasteiger partial charge in [0.1, 0.15) is 0 Å². The summed E-state index contributed by atoms with van der Waals surface area (Å²) in [6.45, 7) is 1.70. The quantitative estimate of drug-likeness (QED) is 0.538. The fraction of sp³-hybridized carbons (Fsp3) is 0.667. The predicted molar refractivity (Wildman–Crippen MR) is 46.6 cm³/mol. The van der Waals surface area contributed by atoms with E-state index in [0.717, 1.165) is 32.4 Å². The standard InChI is InChI=1S/C9H14N2O/c10-8(12)11-6-5-9(7-11)3-1-2-4-9/h1-2H,3-7H2,(H2,10,12). The number of amides is 2. The molecular weight excluding hydrogens is 152 g/mol. The highest BCUT2D eigenvalue weighted by Crippen LogP contribution is 2.41. The lowest BCUT2D eigenvalue weighted by molar-refractivity contribution is 0.210. The maximum absolute atomic E-state index is 10.9. The van der Waals surface area contributed by atoms with Gasteiger partial charge in [0, 0.05) is 13.1 Å². The number of nitrogens with two attached hydrogens (primary N) is 1. The average Bonchev–Trinajstić information content (AvgIpc) is 2.62.